The zero-order valence-corrected chi connectivity index (χ0v) is 15.0. The third kappa shape index (κ3) is 8.26. The van der Waals surface area contributed by atoms with Crippen molar-refractivity contribution in [2.24, 2.45) is 10.9 Å². The van der Waals surface area contributed by atoms with Crippen molar-refractivity contribution in [3.8, 4) is 0 Å². The zero-order chi connectivity index (χ0) is 14.0. The van der Waals surface area contributed by atoms with Crippen molar-refractivity contribution in [2.75, 3.05) is 26.7 Å². The van der Waals surface area contributed by atoms with E-state index in [9.17, 15) is 0 Å². The van der Waals surface area contributed by atoms with Crippen LogP contribution in [0.15, 0.2) is 35.3 Å². The molecular formula is C16H26IN3O. The van der Waals surface area contributed by atoms with Crippen LogP contribution in [0.2, 0.25) is 0 Å². The fourth-order valence-corrected chi connectivity index (χ4v) is 2.03. The maximum Gasteiger partial charge on any atom is 0.191 e. The van der Waals surface area contributed by atoms with E-state index in [0.717, 1.165) is 25.0 Å². The molecule has 0 atom stereocenters. The molecule has 21 heavy (non-hydrogen) atoms. The van der Waals surface area contributed by atoms with Crippen molar-refractivity contribution in [2.45, 2.75) is 25.9 Å². The average Bonchev–Trinajstić information content (AvgIpc) is 3.30. The summed E-state index contributed by atoms with van der Waals surface area (Å²) in [6.07, 6.45) is 4.06. The molecule has 1 saturated carbocycles. The Balaban J connectivity index is 0.00000220. The first-order valence-electron chi connectivity index (χ1n) is 7.44. The minimum Gasteiger partial charge on any atom is -0.375 e. The predicted octanol–water partition coefficient (Wildman–Crippen LogP) is 2.79. The second-order valence-corrected chi connectivity index (χ2v) is 5.20. The van der Waals surface area contributed by atoms with Gasteiger partial charge in [-0.3, -0.25) is 4.99 Å². The molecule has 0 spiro atoms. The van der Waals surface area contributed by atoms with Crippen LogP contribution in [0.5, 0.6) is 0 Å². The summed E-state index contributed by atoms with van der Waals surface area (Å²) < 4.78 is 5.62. The van der Waals surface area contributed by atoms with Crippen molar-refractivity contribution in [1.82, 2.24) is 10.6 Å². The van der Waals surface area contributed by atoms with Crippen LogP contribution in [0.4, 0.5) is 0 Å². The van der Waals surface area contributed by atoms with E-state index in [1.54, 1.807) is 7.05 Å². The van der Waals surface area contributed by atoms with Crippen LogP contribution in [0.3, 0.4) is 0 Å². The van der Waals surface area contributed by atoms with Crippen LogP contribution < -0.4 is 10.6 Å². The van der Waals surface area contributed by atoms with Gasteiger partial charge in [0.15, 0.2) is 5.96 Å². The maximum atomic E-state index is 5.62. The fourth-order valence-electron chi connectivity index (χ4n) is 2.03. The Bertz CT molecular complexity index is 407. The van der Waals surface area contributed by atoms with Gasteiger partial charge in [0.1, 0.15) is 0 Å². The molecule has 1 fully saturated rings. The van der Waals surface area contributed by atoms with Gasteiger partial charge >= 0.3 is 0 Å². The number of guanidine groups is 1. The van der Waals surface area contributed by atoms with E-state index in [1.807, 2.05) is 18.2 Å². The predicted molar refractivity (Wildman–Crippen MR) is 98.2 cm³/mol. The molecule has 4 nitrogen and oxygen atoms in total. The highest BCUT2D eigenvalue weighted by Crippen LogP contribution is 2.31. The second kappa shape index (κ2) is 10.8. The number of hydrogen-bond acceptors (Lipinski definition) is 2. The van der Waals surface area contributed by atoms with Crippen molar-refractivity contribution in [3.63, 3.8) is 0 Å². The maximum absolute atomic E-state index is 5.62. The monoisotopic (exact) mass is 403 g/mol. The van der Waals surface area contributed by atoms with E-state index >= 15 is 0 Å². The largest absolute Gasteiger partial charge is 0.375 e. The number of halogens is 1. The summed E-state index contributed by atoms with van der Waals surface area (Å²) in [5.41, 5.74) is 1.21. The first kappa shape index (κ1) is 18.2. The highest BCUT2D eigenvalue weighted by Gasteiger charge is 2.20. The van der Waals surface area contributed by atoms with Gasteiger partial charge in [-0.25, -0.2) is 0 Å². The van der Waals surface area contributed by atoms with Gasteiger partial charge in [-0.1, -0.05) is 43.2 Å². The lowest BCUT2D eigenvalue weighted by Crippen LogP contribution is -2.39. The third-order valence-corrected chi connectivity index (χ3v) is 3.42. The minimum absolute atomic E-state index is 0. The Labute approximate surface area is 144 Å². The summed E-state index contributed by atoms with van der Waals surface area (Å²) in [5.74, 6) is 1.82. The molecule has 118 valence electrons. The quantitative estimate of drug-likeness (QED) is 0.304. The molecule has 1 aliphatic carbocycles. The van der Waals surface area contributed by atoms with E-state index in [4.69, 9.17) is 4.74 Å². The van der Waals surface area contributed by atoms with Gasteiger partial charge in [0.25, 0.3) is 0 Å². The molecule has 0 radical (unpaired) electrons. The standard InChI is InChI=1S/C16H25N3O.HI/c1-17-16(18-10-9-14-7-8-14)19-11-12-20-13-15-5-3-2-4-6-15;/h2-6,14H,7-13H2,1H3,(H2,17,18,19);1H. The zero-order valence-electron chi connectivity index (χ0n) is 12.7. The third-order valence-electron chi connectivity index (χ3n) is 3.42. The molecule has 0 saturated heterocycles. The van der Waals surface area contributed by atoms with Gasteiger partial charge in [-0.15, -0.1) is 24.0 Å². The van der Waals surface area contributed by atoms with Crippen molar-refractivity contribution in [1.29, 1.82) is 0 Å². The molecule has 0 aliphatic heterocycles. The molecule has 1 aromatic rings. The SMILES string of the molecule is CN=C(NCCOCc1ccccc1)NCCC1CC1.I. The average molecular weight is 403 g/mol. The van der Waals surface area contributed by atoms with Crippen molar-refractivity contribution < 1.29 is 4.74 Å². The molecule has 0 bridgehead atoms. The first-order chi connectivity index (χ1) is 9.88. The number of hydrogen-bond donors (Lipinski definition) is 2. The van der Waals surface area contributed by atoms with E-state index < -0.39 is 0 Å². The lowest BCUT2D eigenvalue weighted by Gasteiger charge is -2.11. The van der Waals surface area contributed by atoms with Crippen LogP contribution in [-0.2, 0) is 11.3 Å². The Hall–Kier alpha value is -0.820. The summed E-state index contributed by atoms with van der Waals surface area (Å²) >= 11 is 0. The van der Waals surface area contributed by atoms with E-state index in [-0.39, 0.29) is 24.0 Å². The van der Waals surface area contributed by atoms with Gasteiger partial charge in [0, 0.05) is 20.1 Å². The molecule has 1 aromatic carbocycles. The Morgan fingerprint density at radius 1 is 1.19 bits per heavy atom. The molecule has 2 rings (SSSR count). The molecule has 5 heteroatoms. The summed E-state index contributed by atoms with van der Waals surface area (Å²) in [4.78, 5) is 4.20. The molecule has 0 amide bonds. The lowest BCUT2D eigenvalue weighted by molar-refractivity contribution is 0.125. The molecule has 0 heterocycles. The van der Waals surface area contributed by atoms with Crippen LogP contribution in [0.25, 0.3) is 0 Å². The highest BCUT2D eigenvalue weighted by atomic mass is 127. The number of nitrogens with one attached hydrogen (secondary N) is 2. The van der Waals surface area contributed by atoms with Gasteiger partial charge in [0.2, 0.25) is 0 Å². The van der Waals surface area contributed by atoms with E-state index in [0.29, 0.717) is 13.2 Å². The number of benzene rings is 1. The summed E-state index contributed by atoms with van der Waals surface area (Å²) in [7, 11) is 1.80. The minimum atomic E-state index is 0. The number of ether oxygens (including phenoxy) is 1. The van der Waals surface area contributed by atoms with Gasteiger partial charge in [0.05, 0.1) is 13.2 Å². The molecule has 0 unspecified atom stereocenters. The second-order valence-electron chi connectivity index (χ2n) is 5.20. The topological polar surface area (TPSA) is 45.7 Å². The molecular weight excluding hydrogens is 377 g/mol. The summed E-state index contributed by atoms with van der Waals surface area (Å²) in [5, 5.41) is 6.60. The molecule has 0 aromatic heterocycles. The van der Waals surface area contributed by atoms with Gasteiger partial charge in [-0.05, 0) is 17.9 Å². The number of aliphatic imine (C=N–C) groups is 1. The van der Waals surface area contributed by atoms with Crippen LogP contribution in [0, 0.1) is 5.92 Å². The Morgan fingerprint density at radius 2 is 1.90 bits per heavy atom. The number of nitrogens with zero attached hydrogens (tertiary/aromatic N) is 1. The summed E-state index contributed by atoms with van der Waals surface area (Å²) in [6.45, 7) is 3.12. The number of rotatable bonds is 8. The van der Waals surface area contributed by atoms with E-state index in [2.05, 4.69) is 27.8 Å². The smallest absolute Gasteiger partial charge is 0.191 e. The van der Waals surface area contributed by atoms with Gasteiger partial charge in [-0.2, -0.15) is 0 Å². The Morgan fingerprint density at radius 3 is 2.57 bits per heavy atom. The normalized spacial score (nSPS) is 14.4. The van der Waals surface area contributed by atoms with Crippen LogP contribution >= 0.6 is 24.0 Å². The Kier molecular flexibility index (Phi) is 9.41. The van der Waals surface area contributed by atoms with Crippen LogP contribution in [-0.4, -0.2) is 32.7 Å². The van der Waals surface area contributed by atoms with Crippen molar-refractivity contribution >= 4 is 29.9 Å². The van der Waals surface area contributed by atoms with Crippen molar-refractivity contribution in [3.05, 3.63) is 35.9 Å². The summed E-state index contributed by atoms with van der Waals surface area (Å²) in [6, 6.07) is 10.2. The van der Waals surface area contributed by atoms with E-state index in [1.165, 1.54) is 24.8 Å². The highest BCUT2D eigenvalue weighted by molar-refractivity contribution is 14.0. The fraction of sp³-hybridized carbons (Fsp3) is 0.562. The first-order valence-corrected chi connectivity index (χ1v) is 7.44. The molecule has 1 aliphatic rings. The lowest BCUT2D eigenvalue weighted by atomic mass is 10.2. The van der Waals surface area contributed by atoms with Crippen LogP contribution in [0.1, 0.15) is 24.8 Å². The van der Waals surface area contributed by atoms with Gasteiger partial charge < -0.3 is 15.4 Å². The molecule has 2 N–H and O–H groups in total.